The molecule has 5 nitrogen and oxygen atoms in total. The fourth-order valence-electron chi connectivity index (χ4n) is 2.24. The normalized spacial score (nSPS) is 10.9. The molecule has 0 bridgehead atoms. The summed E-state index contributed by atoms with van der Waals surface area (Å²) in [6.45, 7) is 3.79. The number of hydrogen-bond acceptors (Lipinski definition) is 3. The Kier molecular flexibility index (Phi) is 4.01. The lowest BCUT2D eigenvalue weighted by Gasteiger charge is -2.06. The van der Waals surface area contributed by atoms with Crippen molar-refractivity contribution in [3.63, 3.8) is 0 Å². The number of nitrogens with one attached hydrogen (secondary N) is 1. The molecule has 22 heavy (non-hydrogen) atoms. The molecule has 3 aromatic rings. The topological polar surface area (TPSA) is 59.3 Å². The molecule has 0 spiro atoms. The maximum absolute atomic E-state index is 12.6. The van der Waals surface area contributed by atoms with E-state index in [1.807, 2.05) is 32.2 Å². The number of aromatic nitrogens is 3. The van der Waals surface area contributed by atoms with Crippen LogP contribution >= 0.6 is 31.9 Å². The van der Waals surface area contributed by atoms with Crippen LogP contribution in [0.1, 0.15) is 21.7 Å². The van der Waals surface area contributed by atoms with Gasteiger partial charge in [-0.25, -0.2) is 9.97 Å². The average Bonchev–Trinajstić information content (AvgIpc) is 2.78. The van der Waals surface area contributed by atoms with E-state index in [-0.39, 0.29) is 5.91 Å². The minimum absolute atomic E-state index is 0.239. The minimum Gasteiger partial charge on any atom is -0.305 e. The molecule has 0 aliphatic rings. The van der Waals surface area contributed by atoms with Gasteiger partial charge >= 0.3 is 0 Å². The molecular formula is C15H12Br2N4O. The van der Waals surface area contributed by atoms with Gasteiger partial charge in [0.05, 0.1) is 10.2 Å². The molecular weight excluding hydrogens is 412 g/mol. The molecule has 3 aromatic heterocycles. The van der Waals surface area contributed by atoms with Crippen molar-refractivity contribution in [3.05, 3.63) is 56.5 Å². The third-order valence-corrected chi connectivity index (χ3v) is 4.22. The van der Waals surface area contributed by atoms with Gasteiger partial charge in [0.1, 0.15) is 11.5 Å². The van der Waals surface area contributed by atoms with Gasteiger partial charge in [0.15, 0.2) is 5.65 Å². The van der Waals surface area contributed by atoms with Crippen LogP contribution in [0.3, 0.4) is 0 Å². The number of carbonyl (C=O) groups is 1. The van der Waals surface area contributed by atoms with Crippen molar-refractivity contribution >= 4 is 49.2 Å². The second kappa shape index (κ2) is 5.81. The van der Waals surface area contributed by atoms with Crippen molar-refractivity contribution < 1.29 is 4.79 Å². The van der Waals surface area contributed by atoms with E-state index in [1.165, 1.54) is 0 Å². The standard InChI is InChI=1S/C15H12Br2N4O/c1-8-5-11(17)14-19-9(2)13(21(14)7-8)15(22)20-12-4-3-10(16)6-18-12/h3-7H,1-2H3,(H,18,20,22). The Morgan fingerprint density at radius 3 is 2.73 bits per heavy atom. The lowest BCUT2D eigenvalue weighted by molar-refractivity contribution is 0.102. The van der Waals surface area contributed by atoms with Crippen LogP contribution in [0.2, 0.25) is 0 Å². The zero-order valence-corrected chi connectivity index (χ0v) is 15.1. The zero-order chi connectivity index (χ0) is 15.9. The van der Waals surface area contributed by atoms with Crippen molar-refractivity contribution in [2.24, 2.45) is 0 Å². The van der Waals surface area contributed by atoms with E-state index in [0.29, 0.717) is 17.2 Å². The maximum atomic E-state index is 12.6. The summed E-state index contributed by atoms with van der Waals surface area (Å²) >= 11 is 6.80. The van der Waals surface area contributed by atoms with E-state index < -0.39 is 0 Å². The Labute approximate surface area is 144 Å². The number of aryl methyl sites for hydroxylation is 2. The molecule has 0 aromatic carbocycles. The third-order valence-electron chi connectivity index (χ3n) is 3.17. The number of carbonyl (C=O) groups excluding carboxylic acids is 1. The van der Waals surface area contributed by atoms with Crippen LogP contribution in [0, 0.1) is 13.8 Å². The number of hydrogen-bond donors (Lipinski definition) is 1. The predicted octanol–water partition coefficient (Wildman–Crippen LogP) is 4.12. The van der Waals surface area contributed by atoms with Crippen LogP contribution in [0.5, 0.6) is 0 Å². The van der Waals surface area contributed by atoms with E-state index in [9.17, 15) is 4.79 Å². The number of rotatable bonds is 2. The van der Waals surface area contributed by atoms with E-state index in [1.54, 1.807) is 16.7 Å². The molecule has 0 unspecified atom stereocenters. The second-order valence-corrected chi connectivity index (χ2v) is 6.69. The van der Waals surface area contributed by atoms with Crippen LogP contribution in [0.4, 0.5) is 5.82 Å². The first-order valence-corrected chi connectivity index (χ1v) is 8.12. The number of anilines is 1. The summed E-state index contributed by atoms with van der Waals surface area (Å²) in [5.41, 5.74) is 2.93. The molecule has 0 atom stereocenters. The number of pyridine rings is 2. The summed E-state index contributed by atoms with van der Waals surface area (Å²) in [6, 6.07) is 5.53. The summed E-state index contributed by atoms with van der Waals surface area (Å²) in [7, 11) is 0. The van der Waals surface area contributed by atoms with Gasteiger partial charge in [-0.15, -0.1) is 0 Å². The molecule has 0 fully saturated rings. The Bertz CT molecular complexity index is 871. The van der Waals surface area contributed by atoms with Gasteiger partial charge in [0.25, 0.3) is 5.91 Å². The molecule has 0 saturated heterocycles. The highest BCUT2D eigenvalue weighted by atomic mass is 79.9. The molecule has 0 radical (unpaired) electrons. The van der Waals surface area contributed by atoms with Crippen molar-refractivity contribution in [2.45, 2.75) is 13.8 Å². The van der Waals surface area contributed by atoms with Gasteiger partial charge < -0.3 is 5.32 Å². The highest BCUT2D eigenvalue weighted by Crippen LogP contribution is 2.23. The van der Waals surface area contributed by atoms with Gasteiger partial charge in [-0.1, -0.05) is 0 Å². The molecule has 7 heteroatoms. The van der Waals surface area contributed by atoms with Crippen LogP contribution in [0.25, 0.3) is 5.65 Å². The van der Waals surface area contributed by atoms with Crippen molar-refractivity contribution in [3.8, 4) is 0 Å². The minimum atomic E-state index is -0.239. The van der Waals surface area contributed by atoms with E-state index in [0.717, 1.165) is 20.2 Å². The first-order valence-electron chi connectivity index (χ1n) is 6.53. The van der Waals surface area contributed by atoms with E-state index >= 15 is 0 Å². The fourth-order valence-corrected chi connectivity index (χ4v) is 3.12. The van der Waals surface area contributed by atoms with Crippen molar-refractivity contribution in [1.29, 1.82) is 0 Å². The van der Waals surface area contributed by atoms with E-state index in [2.05, 4.69) is 47.1 Å². The van der Waals surface area contributed by atoms with E-state index in [4.69, 9.17) is 0 Å². The summed E-state index contributed by atoms with van der Waals surface area (Å²) < 4.78 is 3.51. The quantitative estimate of drug-likeness (QED) is 0.674. The molecule has 3 rings (SSSR count). The fraction of sp³-hybridized carbons (Fsp3) is 0.133. The molecule has 3 heterocycles. The zero-order valence-electron chi connectivity index (χ0n) is 11.9. The molecule has 0 saturated carbocycles. The van der Waals surface area contributed by atoms with Gasteiger partial charge in [-0.05, 0) is 69.5 Å². The SMILES string of the molecule is Cc1cc(Br)c2nc(C)c(C(=O)Nc3ccc(Br)cn3)n2c1. The van der Waals surface area contributed by atoms with Gasteiger partial charge in [0.2, 0.25) is 0 Å². The Hall–Kier alpha value is -1.73. The monoisotopic (exact) mass is 422 g/mol. The third kappa shape index (κ3) is 2.78. The summed E-state index contributed by atoms with van der Waals surface area (Å²) in [6.07, 6.45) is 3.53. The highest BCUT2D eigenvalue weighted by molar-refractivity contribution is 9.10. The summed E-state index contributed by atoms with van der Waals surface area (Å²) in [5, 5.41) is 2.80. The lowest BCUT2D eigenvalue weighted by atomic mass is 10.3. The number of amides is 1. The first kappa shape index (κ1) is 15.2. The number of nitrogens with zero attached hydrogens (tertiary/aromatic N) is 3. The van der Waals surface area contributed by atoms with Crippen molar-refractivity contribution in [1.82, 2.24) is 14.4 Å². The smallest absolute Gasteiger partial charge is 0.275 e. The maximum Gasteiger partial charge on any atom is 0.275 e. The average molecular weight is 424 g/mol. The second-order valence-electron chi connectivity index (χ2n) is 4.92. The Balaban J connectivity index is 2.03. The summed E-state index contributed by atoms with van der Waals surface area (Å²) in [4.78, 5) is 21.2. The number of halogens is 2. The molecule has 112 valence electrons. The van der Waals surface area contributed by atoms with Gasteiger partial charge in [0, 0.05) is 16.9 Å². The number of fused-ring (bicyclic) bond motifs is 1. The van der Waals surface area contributed by atoms with Crippen LogP contribution in [0.15, 0.2) is 39.5 Å². The van der Waals surface area contributed by atoms with Crippen LogP contribution in [-0.2, 0) is 0 Å². The van der Waals surface area contributed by atoms with Crippen LogP contribution in [-0.4, -0.2) is 20.3 Å². The molecule has 0 aliphatic heterocycles. The largest absolute Gasteiger partial charge is 0.305 e. The highest BCUT2D eigenvalue weighted by Gasteiger charge is 2.18. The van der Waals surface area contributed by atoms with Crippen molar-refractivity contribution in [2.75, 3.05) is 5.32 Å². The van der Waals surface area contributed by atoms with Gasteiger partial charge in [-0.2, -0.15) is 0 Å². The Morgan fingerprint density at radius 2 is 2.05 bits per heavy atom. The van der Waals surface area contributed by atoms with Gasteiger partial charge in [-0.3, -0.25) is 9.20 Å². The lowest BCUT2D eigenvalue weighted by Crippen LogP contribution is -2.16. The number of imidazole rings is 1. The Morgan fingerprint density at radius 1 is 1.27 bits per heavy atom. The first-order chi connectivity index (χ1) is 10.5. The molecule has 0 aliphatic carbocycles. The van der Waals surface area contributed by atoms with Crippen LogP contribution < -0.4 is 5.32 Å². The molecule has 1 N–H and O–H groups in total. The predicted molar refractivity (Wildman–Crippen MR) is 92.3 cm³/mol. The molecule has 1 amide bonds. The summed E-state index contributed by atoms with van der Waals surface area (Å²) in [5.74, 6) is 0.256.